The molecule has 0 atom stereocenters. The van der Waals surface area contributed by atoms with E-state index in [1.54, 1.807) is 18.2 Å². The molecule has 0 radical (unpaired) electrons. The van der Waals surface area contributed by atoms with Gasteiger partial charge in [-0.1, -0.05) is 34.1 Å². The lowest BCUT2D eigenvalue weighted by Crippen LogP contribution is -2.07. The number of benzene rings is 2. The average molecular weight is 317 g/mol. The number of carbonyl (C=O) groups is 1. The van der Waals surface area contributed by atoms with Gasteiger partial charge in [0.2, 0.25) is 5.91 Å². The average Bonchev–Trinajstić information content (AvgIpc) is 2.38. The number of hydrogen-bond donors (Lipinski definition) is 2. The summed E-state index contributed by atoms with van der Waals surface area (Å²) < 4.78 is 0.924. The van der Waals surface area contributed by atoms with E-state index >= 15 is 0 Å². The van der Waals surface area contributed by atoms with Crippen LogP contribution in [0.1, 0.15) is 5.56 Å². The van der Waals surface area contributed by atoms with E-state index in [0.717, 1.165) is 15.7 Å². The van der Waals surface area contributed by atoms with Crippen molar-refractivity contribution in [3.05, 3.63) is 64.6 Å². The molecule has 0 aliphatic heterocycles. The maximum Gasteiger partial charge on any atom is 0.248 e. The molecule has 3 nitrogen and oxygen atoms in total. The zero-order valence-electron chi connectivity index (χ0n) is 10.1. The lowest BCUT2D eigenvalue weighted by molar-refractivity contribution is -0.111. The summed E-state index contributed by atoms with van der Waals surface area (Å²) in [6.07, 6.45) is 3.24. The van der Waals surface area contributed by atoms with Gasteiger partial charge in [0.15, 0.2) is 0 Å². The van der Waals surface area contributed by atoms with Crippen molar-refractivity contribution in [2.45, 2.75) is 0 Å². The molecular weight excluding hydrogens is 304 g/mol. The van der Waals surface area contributed by atoms with Crippen molar-refractivity contribution in [3.63, 3.8) is 0 Å². The Balaban J connectivity index is 1.99. The Morgan fingerprint density at radius 2 is 1.89 bits per heavy atom. The summed E-state index contributed by atoms with van der Waals surface area (Å²) >= 11 is 3.35. The van der Waals surface area contributed by atoms with Gasteiger partial charge in [0.05, 0.1) is 0 Å². The highest BCUT2D eigenvalue weighted by atomic mass is 79.9. The van der Waals surface area contributed by atoms with Gasteiger partial charge < -0.3 is 11.1 Å². The first kappa shape index (κ1) is 13.4. The lowest BCUT2D eigenvalue weighted by atomic mass is 10.2. The molecule has 0 saturated carbocycles. The number of hydrogen-bond acceptors (Lipinski definition) is 2. The minimum absolute atomic E-state index is 0.171. The molecule has 1 amide bonds. The zero-order chi connectivity index (χ0) is 13.7. The van der Waals surface area contributed by atoms with E-state index in [4.69, 9.17) is 5.73 Å². The molecule has 0 saturated heterocycles. The van der Waals surface area contributed by atoms with Gasteiger partial charge in [-0.05, 0) is 42.0 Å². The van der Waals surface area contributed by atoms with Crippen molar-refractivity contribution in [1.82, 2.24) is 0 Å². The smallest absolute Gasteiger partial charge is 0.248 e. The van der Waals surface area contributed by atoms with Gasteiger partial charge in [0.1, 0.15) is 0 Å². The van der Waals surface area contributed by atoms with Gasteiger partial charge in [-0.3, -0.25) is 4.79 Å². The van der Waals surface area contributed by atoms with Crippen molar-refractivity contribution in [1.29, 1.82) is 0 Å². The standard InChI is InChI=1S/C15H13BrN2O/c16-12-2-1-3-14(10-12)18-15(19)9-6-11-4-7-13(17)8-5-11/h1-10H,17H2,(H,18,19)/b9-6+. The molecule has 96 valence electrons. The number of nitrogen functional groups attached to an aromatic ring is 1. The molecule has 0 fully saturated rings. The molecule has 0 aliphatic carbocycles. The van der Waals surface area contributed by atoms with Crippen molar-refractivity contribution in [3.8, 4) is 0 Å². The summed E-state index contributed by atoms with van der Waals surface area (Å²) in [6.45, 7) is 0. The summed E-state index contributed by atoms with van der Waals surface area (Å²) in [7, 11) is 0. The summed E-state index contributed by atoms with van der Waals surface area (Å²) in [5.74, 6) is -0.171. The second-order valence-corrected chi connectivity index (χ2v) is 4.92. The molecule has 0 aromatic heterocycles. The molecule has 0 spiro atoms. The number of nitrogens with two attached hydrogens (primary N) is 1. The monoisotopic (exact) mass is 316 g/mol. The predicted octanol–water partition coefficient (Wildman–Crippen LogP) is 3.68. The van der Waals surface area contributed by atoms with Crippen LogP contribution < -0.4 is 11.1 Å². The normalized spacial score (nSPS) is 10.6. The molecule has 0 aliphatic rings. The number of amides is 1. The molecule has 4 heteroatoms. The number of rotatable bonds is 3. The predicted molar refractivity (Wildman–Crippen MR) is 82.7 cm³/mol. The maximum atomic E-state index is 11.7. The third-order valence-electron chi connectivity index (χ3n) is 2.46. The van der Waals surface area contributed by atoms with E-state index in [-0.39, 0.29) is 5.91 Å². The second-order valence-electron chi connectivity index (χ2n) is 4.00. The molecule has 0 bridgehead atoms. The zero-order valence-corrected chi connectivity index (χ0v) is 11.7. The van der Waals surface area contributed by atoms with Crippen molar-refractivity contribution in [2.75, 3.05) is 11.1 Å². The Hall–Kier alpha value is -2.07. The highest BCUT2D eigenvalue weighted by molar-refractivity contribution is 9.10. The minimum Gasteiger partial charge on any atom is -0.399 e. The molecular formula is C15H13BrN2O. The van der Waals surface area contributed by atoms with Crippen LogP contribution in [0.15, 0.2) is 59.1 Å². The Morgan fingerprint density at radius 1 is 1.16 bits per heavy atom. The fourth-order valence-electron chi connectivity index (χ4n) is 1.53. The molecule has 2 rings (SSSR count). The van der Waals surface area contributed by atoms with Crippen LogP contribution in [0.25, 0.3) is 6.08 Å². The molecule has 0 unspecified atom stereocenters. The number of nitrogens with one attached hydrogen (secondary N) is 1. The maximum absolute atomic E-state index is 11.7. The summed E-state index contributed by atoms with van der Waals surface area (Å²) in [6, 6.07) is 14.8. The Bertz CT molecular complexity index is 606. The molecule has 19 heavy (non-hydrogen) atoms. The SMILES string of the molecule is Nc1ccc(/C=C/C(=O)Nc2cccc(Br)c2)cc1. The van der Waals surface area contributed by atoms with E-state index < -0.39 is 0 Å². The van der Waals surface area contributed by atoms with E-state index in [2.05, 4.69) is 21.2 Å². The van der Waals surface area contributed by atoms with Gasteiger partial charge in [-0.25, -0.2) is 0 Å². The van der Waals surface area contributed by atoms with E-state index in [9.17, 15) is 4.79 Å². The largest absolute Gasteiger partial charge is 0.399 e. The number of carbonyl (C=O) groups excluding carboxylic acids is 1. The van der Waals surface area contributed by atoms with Gasteiger partial charge in [-0.15, -0.1) is 0 Å². The first-order chi connectivity index (χ1) is 9.13. The third-order valence-corrected chi connectivity index (χ3v) is 2.95. The summed E-state index contributed by atoms with van der Waals surface area (Å²) in [5, 5.41) is 2.78. The van der Waals surface area contributed by atoms with Crippen molar-refractivity contribution < 1.29 is 4.79 Å². The topological polar surface area (TPSA) is 55.1 Å². The molecule has 0 heterocycles. The van der Waals surface area contributed by atoms with Crippen LogP contribution >= 0.6 is 15.9 Å². The highest BCUT2D eigenvalue weighted by Gasteiger charge is 1.98. The fraction of sp³-hybridized carbons (Fsp3) is 0. The van der Waals surface area contributed by atoms with Crippen molar-refractivity contribution >= 4 is 39.3 Å². The van der Waals surface area contributed by atoms with Crippen LogP contribution in [0.3, 0.4) is 0 Å². The first-order valence-corrected chi connectivity index (χ1v) is 6.53. The van der Waals surface area contributed by atoms with Gasteiger partial charge in [0.25, 0.3) is 0 Å². The van der Waals surface area contributed by atoms with E-state index in [1.807, 2.05) is 36.4 Å². The van der Waals surface area contributed by atoms with Crippen LogP contribution in [0.5, 0.6) is 0 Å². The Morgan fingerprint density at radius 3 is 2.58 bits per heavy atom. The summed E-state index contributed by atoms with van der Waals surface area (Å²) in [5.41, 5.74) is 7.98. The Labute approximate surface area is 120 Å². The molecule has 2 aromatic carbocycles. The fourth-order valence-corrected chi connectivity index (χ4v) is 1.93. The van der Waals surface area contributed by atoms with Gasteiger partial charge in [0, 0.05) is 21.9 Å². The number of anilines is 2. The second kappa shape index (κ2) is 6.20. The molecule has 2 aromatic rings. The summed E-state index contributed by atoms with van der Waals surface area (Å²) in [4.78, 5) is 11.7. The van der Waals surface area contributed by atoms with Crippen molar-refractivity contribution in [2.24, 2.45) is 0 Å². The van der Waals surface area contributed by atoms with Crippen LogP contribution in [0.2, 0.25) is 0 Å². The van der Waals surface area contributed by atoms with E-state index in [0.29, 0.717) is 5.69 Å². The highest BCUT2D eigenvalue weighted by Crippen LogP contribution is 2.15. The van der Waals surface area contributed by atoms with Crippen LogP contribution in [-0.2, 0) is 4.79 Å². The minimum atomic E-state index is -0.171. The first-order valence-electron chi connectivity index (χ1n) is 5.74. The quantitative estimate of drug-likeness (QED) is 0.670. The Kier molecular flexibility index (Phi) is 4.36. The van der Waals surface area contributed by atoms with Crippen LogP contribution in [0, 0.1) is 0 Å². The number of halogens is 1. The van der Waals surface area contributed by atoms with Gasteiger partial charge in [-0.2, -0.15) is 0 Å². The van der Waals surface area contributed by atoms with Gasteiger partial charge >= 0.3 is 0 Å². The molecule has 3 N–H and O–H groups in total. The van der Waals surface area contributed by atoms with E-state index in [1.165, 1.54) is 6.08 Å². The third kappa shape index (κ3) is 4.26. The van der Waals surface area contributed by atoms with Crippen LogP contribution in [-0.4, -0.2) is 5.91 Å². The lowest BCUT2D eigenvalue weighted by Gasteiger charge is -2.02. The van der Waals surface area contributed by atoms with Crippen LogP contribution in [0.4, 0.5) is 11.4 Å².